The number of carbonyl (C=O) groups excluding carboxylic acids is 2. The molecule has 0 fully saturated rings. The second-order valence-corrected chi connectivity index (χ2v) is 7.45. The third-order valence-corrected chi connectivity index (χ3v) is 5.18. The number of fused-ring (bicyclic) bond motifs is 2. The van der Waals surface area contributed by atoms with Crippen LogP contribution < -0.4 is 20.7 Å². The van der Waals surface area contributed by atoms with Crippen molar-refractivity contribution in [3.05, 3.63) is 53.6 Å². The van der Waals surface area contributed by atoms with Crippen molar-refractivity contribution in [3.63, 3.8) is 0 Å². The van der Waals surface area contributed by atoms with E-state index in [0.29, 0.717) is 41.0 Å². The Hall–Kier alpha value is -3.53. The fourth-order valence-corrected chi connectivity index (χ4v) is 3.60. The minimum absolute atomic E-state index is 0.0948. The molecule has 0 radical (unpaired) electrons. The van der Waals surface area contributed by atoms with Crippen LogP contribution in [0.2, 0.25) is 0 Å². The van der Waals surface area contributed by atoms with Gasteiger partial charge in [0.15, 0.2) is 0 Å². The highest BCUT2D eigenvalue weighted by Gasteiger charge is 2.32. The predicted octanol–water partition coefficient (Wildman–Crippen LogP) is 3.63. The van der Waals surface area contributed by atoms with Crippen LogP contribution >= 0.6 is 0 Å². The van der Waals surface area contributed by atoms with Crippen LogP contribution in [0.3, 0.4) is 0 Å². The molecule has 2 aromatic rings. The molecule has 4 N–H and O–H groups in total. The van der Waals surface area contributed by atoms with E-state index in [1.165, 1.54) is 12.1 Å². The summed E-state index contributed by atoms with van der Waals surface area (Å²) in [6, 6.07) is 7.36. The lowest BCUT2D eigenvalue weighted by Gasteiger charge is -2.25. The highest BCUT2D eigenvalue weighted by molar-refractivity contribution is 6.07. The Labute approximate surface area is 181 Å². The Balaban J connectivity index is 1.55. The first kappa shape index (κ1) is 21.7. The van der Waals surface area contributed by atoms with Crippen molar-refractivity contribution in [1.29, 1.82) is 0 Å². The summed E-state index contributed by atoms with van der Waals surface area (Å²) in [6.07, 6.45) is -2.12. The molecule has 2 amide bonds. The Morgan fingerprint density at radius 3 is 2.78 bits per heavy atom. The lowest BCUT2D eigenvalue weighted by Crippen LogP contribution is -2.41. The average Bonchev–Trinajstić information content (AvgIpc) is 2.94. The Morgan fingerprint density at radius 1 is 1.22 bits per heavy atom. The molecule has 2 aliphatic heterocycles. The van der Waals surface area contributed by atoms with E-state index in [-0.39, 0.29) is 24.9 Å². The number of benzene rings is 2. The number of carbonyl (C=O) groups is 2. The summed E-state index contributed by atoms with van der Waals surface area (Å²) in [5.41, 5.74) is 1.70. The Bertz CT molecular complexity index is 1100. The second kappa shape index (κ2) is 8.54. The fourth-order valence-electron chi connectivity index (χ4n) is 3.60. The number of aliphatic hydroxyl groups excluding tert-OH is 1. The van der Waals surface area contributed by atoms with E-state index in [4.69, 9.17) is 4.74 Å². The molecule has 0 aliphatic carbocycles. The normalized spacial score (nSPS) is 19.1. The van der Waals surface area contributed by atoms with Gasteiger partial charge in [0.25, 0.3) is 0 Å². The zero-order chi connectivity index (χ0) is 22.9. The number of aliphatic hydroxyl groups is 1. The molecule has 2 aromatic carbocycles. The van der Waals surface area contributed by atoms with Gasteiger partial charge in [-0.05, 0) is 48.7 Å². The third kappa shape index (κ3) is 4.54. The fraction of sp³-hybridized carbons (Fsp3) is 0.273. The van der Waals surface area contributed by atoms with Gasteiger partial charge in [-0.3, -0.25) is 9.59 Å². The van der Waals surface area contributed by atoms with Gasteiger partial charge in [0.1, 0.15) is 11.8 Å². The van der Waals surface area contributed by atoms with Crippen LogP contribution in [0, 0.1) is 0 Å². The van der Waals surface area contributed by atoms with E-state index in [1.807, 2.05) is 0 Å². The standard InChI is InChI=1S/C22H20F3N3O4/c23-22(24,25)13-3-5-15-12(2-1-7-32-19(15)9-13)8-20(30)26-14-4-6-16-17(10-14)28-21(31)18(11-29)27-16/h3-6,8-10,18,27,29H,1-2,7,11H2,(H,26,30)(H,28,31)/b12-8+. The zero-order valence-corrected chi connectivity index (χ0v) is 16.8. The first-order chi connectivity index (χ1) is 15.2. The SMILES string of the molecule is O=C(/C=C1\CCCOc2cc(C(F)(F)F)ccc21)Nc1ccc2c(c1)NC(=O)C(CO)N2. The molecule has 4 rings (SSSR count). The van der Waals surface area contributed by atoms with E-state index in [9.17, 15) is 27.9 Å². The average molecular weight is 447 g/mol. The number of alkyl halides is 3. The van der Waals surface area contributed by atoms with Crippen LogP contribution in [-0.4, -0.2) is 36.2 Å². The van der Waals surface area contributed by atoms with Gasteiger partial charge in [0.2, 0.25) is 11.8 Å². The monoisotopic (exact) mass is 447 g/mol. The summed E-state index contributed by atoms with van der Waals surface area (Å²) >= 11 is 0. The van der Waals surface area contributed by atoms with Crippen molar-refractivity contribution in [3.8, 4) is 5.75 Å². The molecule has 168 valence electrons. The van der Waals surface area contributed by atoms with Gasteiger partial charge in [-0.1, -0.05) is 6.07 Å². The van der Waals surface area contributed by atoms with Gasteiger partial charge in [-0.15, -0.1) is 0 Å². The van der Waals surface area contributed by atoms with Crippen LogP contribution in [0.1, 0.15) is 24.0 Å². The summed E-state index contributed by atoms with van der Waals surface area (Å²) in [4.78, 5) is 24.5. The molecule has 2 heterocycles. The molecule has 0 bridgehead atoms. The van der Waals surface area contributed by atoms with Crippen molar-refractivity contribution in [2.24, 2.45) is 0 Å². The maximum atomic E-state index is 13.0. The predicted molar refractivity (Wildman–Crippen MR) is 112 cm³/mol. The number of hydrogen-bond donors (Lipinski definition) is 4. The van der Waals surface area contributed by atoms with E-state index < -0.39 is 23.7 Å². The Morgan fingerprint density at radius 2 is 2.03 bits per heavy atom. The number of hydrogen-bond acceptors (Lipinski definition) is 5. The molecule has 0 saturated heterocycles. The van der Waals surface area contributed by atoms with Crippen molar-refractivity contribution in [2.75, 3.05) is 29.2 Å². The van der Waals surface area contributed by atoms with Crippen LogP contribution in [0.5, 0.6) is 5.75 Å². The maximum absolute atomic E-state index is 13.0. The molecule has 1 unspecified atom stereocenters. The van der Waals surface area contributed by atoms with Gasteiger partial charge < -0.3 is 25.8 Å². The molecule has 7 nitrogen and oxygen atoms in total. The van der Waals surface area contributed by atoms with Crippen molar-refractivity contribution in [1.82, 2.24) is 0 Å². The highest BCUT2D eigenvalue weighted by atomic mass is 19.4. The topological polar surface area (TPSA) is 99.7 Å². The number of ether oxygens (including phenoxy) is 1. The summed E-state index contributed by atoms with van der Waals surface area (Å²) in [5.74, 6) is -0.757. The minimum atomic E-state index is -4.49. The molecule has 0 saturated carbocycles. The van der Waals surface area contributed by atoms with Crippen LogP contribution in [0.25, 0.3) is 5.57 Å². The van der Waals surface area contributed by atoms with Gasteiger partial charge in [0, 0.05) is 17.3 Å². The number of anilines is 3. The molecule has 32 heavy (non-hydrogen) atoms. The van der Waals surface area contributed by atoms with Gasteiger partial charge in [-0.2, -0.15) is 13.2 Å². The van der Waals surface area contributed by atoms with E-state index >= 15 is 0 Å². The lowest BCUT2D eigenvalue weighted by atomic mass is 9.99. The number of allylic oxidation sites excluding steroid dienone is 1. The maximum Gasteiger partial charge on any atom is 0.416 e. The first-order valence-corrected chi connectivity index (χ1v) is 9.93. The van der Waals surface area contributed by atoms with Crippen molar-refractivity contribution in [2.45, 2.75) is 25.1 Å². The Kier molecular flexibility index (Phi) is 5.79. The van der Waals surface area contributed by atoms with E-state index in [1.54, 1.807) is 18.2 Å². The van der Waals surface area contributed by atoms with Gasteiger partial charge in [0.05, 0.1) is 30.2 Å². The molecule has 2 aliphatic rings. The smallest absolute Gasteiger partial charge is 0.416 e. The van der Waals surface area contributed by atoms with E-state index in [0.717, 1.165) is 12.1 Å². The zero-order valence-electron chi connectivity index (χ0n) is 16.8. The number of nitrogens with one attached hydrogen (secondary N) is 3. The summed E-state index contributed by atoms with van der Waals surface area (Å²) in [6.45, 7) is -0.105. The largest absolute Gasteiger partial charge is 0.493 e. The number of rotatable bonds is 3. The molecular formula is C22H20F3N3O4. The molecular weight excluding hydrogens is 427 g/mol. The number of amides is 2. The van der Waals surface area contributed by atoms with E-state index in [2.05, 4.69) is 16.0 Å². The van der Waals surface area contributed by atoms with Crippen LogP contribution in [0.4, 0.5) is 30.2 Å². The van der Waals surface area contributed by atoms with Crippen molar-refractivity contribution < 1.29 is 32.6 Å². The summed E-state index contributed by atoms with van der Waals surface area (Å²) < 4.78 is 44.5. The highest BCUT2D eigenvalue weighted by Crippen LogP contribution is 2.38. The lowest BCUT2D eigenvalue weighted by molar-refractivity contribution is -0.137. The van der Waals surface area contributed by atoms with Crippen LogP contribution in [-0.2, 0) is 15.8 Å². The molecule has 1 atom stereocenters. The summed E-state index contributed by atoms with van der Waals surface area (Å²) in [7, 11) is 0. The van der Waals surface area contributed by atoms with Gasteiger partial charge >= 0.3 is 6.18 Å². The second-order valence-electron chi connectivity index (χ2n) is 7.45. The van der Waals surface area contributed by atoms with Crippen LogP contribution in [0.15, 0.2) is 42.5 Å². The first-order valence-electron chi connectivity index (χ1n) is 9.93. The molecule has 10 heteroatoms. The van der Waals surface area contributed by atoms with Gasteiger partial charge in [-0.25, -0.2) is 0 Å². The molecule has 0 aromatic heterocycles. The number of halogens is 3. The van der Waals surface area contributed by atoms with Crippen molar-refractivity contribution >= 4 is 34.4 Å². The molecule has 0 spiro atoms. The quantitative estimate of drug-likeness (QED) is 0.539. The minimum Gasteiger partial charge on any atom is -0.493 e. The summed E-state index contributed by atoms with van der Waals surface area (Å²) in [5, 5.41) is 17.5. The third-order valence-electron chi connectivity index (χ3n) is 5.18.